The predicted octanol–water partition coefficient (Wildman–Crippen LogP) is 7.98. The van der Waals surface area contributed by atoms with E-state index in [1.807, 2.05) is 19.1 Å². The lowest BCUT2D eigenvalue weighted by atomic mass is 9.73. The first-order chi connectivity index (χ1) is 16.0. The molecule has 1 fully saturated rings. The van der Waals surface area contributed by atoms with E-state index in [2.05, 4.69) is 18.3 Å². The first kappa shape index (κ1) is 28.3. The summed E-state index contributed by atoms with van der Waals surface area (Å²) in [6, 6.07) is 4.43. The molecule has 2 unspecified atom stereocenters. The molecule has 1 heterocycles. The second-order valence-corrected chi connectivity index (χ2v) is 9.42. The van der Waals surface area contributed by atoms with Crippen LogP contribution < -0.4 is 5.32 Å². The van der Waals surface area contributed by atoms with E-state index in [1.54, 1.807) is 19.1 Å². The monoisotopic (exact) mass is 481 g/mol. The third-order valence-electron chi connectivity index (χ3n) is 7.25. The van der Waals surface area contributed by atoms with Gasteiger partial charge in [-0.3, -0.25) is 0 Å². The second-order valence-electron chi connectivity index (χ2n) is 9.42. The van der Waals surface area contributed by atoms with Gasteiger partial charge in [0.25, 0.3) is 0 Å². The number of allylic oxidation sites excluding steroid dienone is 4. The summed E-state index contributed by atoms with van der Waals surface area (Å²) in [6.45, 7) is 9.49. The number of hydrogen-bond acceptors (Lipinski definition) is 2. The van der Waals surface area contributed by atoms with E-state index >= 15 is 0 Å². The van der Waals surface area contributed by atoms with E-state index in [-0.39, 0.29) is 16.6 Å². The lowest BCUT2D eigenvalue weighted by Gasteiger charge is -2.34. The molecule has 2 rings (SSSR count). The summed E-state index contributed by atoms with van der Waals surface area (Å²) in [6.07, 6.45) is 7.75. The minimum atomic E-state index is -4.65. The van der Waals surface area contributed by atoms with Crippen LogP contribution in [0.4, 0.5) is 17.6 Å². The van der Waals surface area contributed by atoms with Gasteiger partial charge in [0.05, 0.1) is 6.61 Å². The van der Waals surface area contributed by atoms with Crippen LogP contribution in [0.25, 0.3) is 0 Å². The lowest BCUT2D eigenvalue weighted by Crippen LogP contribution is -2.46. The van der Waals surface area contributed by atoms with Crippen LogP contribution in [0.3, 0.4) is 0 Å². The predicted molar refractivity (Wildman–Crippen MR) is 131 cm³/mol. The highest BCUT2D eigenvalue weighted by molar-refractivity contribution is 5.30. The van der Waals surface area contributed by atoms with Crippen LogP contribution in [0, 0.1) is 18.2 Å². The molecular weight excluding hydrogens is 442 g/mol. The minimum absolute atomic E-state index is 0.0348. The first-order valence-electron chi connectivity index (χ1n) is 12.2. The average molecular weight is 482 g/mol. The summed E-state index contributed by atoms with van der Waals surface area (Å²) in [5.41, 5.74) is -0.640. The molecule has 190 valence electrons. The number of halogens is 4. The van der Waals surface area contributed by atoms with Crippen molar-refractivity contribution >= 4 is 0 Å². The van der Waals surface area contributed by atoms with Gasteiger partial charge in [0, 0.05) is 17.5 Å². The maximum atomic E-state index is 14.2. The SMILES string of the molecule is CC=CCCCC1(C(=CC=C(C)C(C)(OCc2c(C)cccc2F)C(F)(F)F)CC)CCNC1. The van der Waals surface area contributed by atoms with Crippen LogP contribution in [0.2, 0.25) is 0 Å². The van der Waals surface area contributed by atoms with E-state index in [0.29, 0.717) is 5.56 Å². The first-order valence-corrected chi connectivity index (χ1v) is 12.2. The second kappa shape index (κ2) is 12.2. The van der Waals surface area contributed by atoms with Crippen molar-refractivity contribution in [3.63, 3.8) is 0 Å². The van der Waals surface area contributed by atoms with Crippen molar-refractivity contribution in [3.05, 3.63) is 70.6 Å². The fourth-order valence-corrected chi connectivity index (χ4v) is 4.66. The van der Waals surface area contributed by atoms with Gasteiger partial charge in [-0.25, -0.2) is 4.39 Å². The Morgan fingerprint density at radius 3 is 2.53 bits per heavy atom. The largest absolute Gasteiger partial charge is 0.421 e. The standard InChI is InChI=1S/C28H39F4NO/c1-6-8-9-10-16-27(17-18-33-20-27)23(7-2)15-14-22(4)26(5,28(30,31)32)34-19-24-21(3)12-11-13-25(24)29/h6,8,11-15,33H,7,9-10,16-20H2,1-5H3. The normalized spacial score (nSPS) is 21.9. The van der Waals surface area contributed by atoms with E-state index in [1.165, 1.54) is 19.1 Å². The molecule has 1 aliphatic rings. The number of rotatable bonds is 11. The number of aryl methyl sites for hydroxylation is 1. The Labute approximate surface area is 202 Å². The van der Waals surface area contributed by atoms with Gasteiger partial charge in [-0.05, 0) is 83.5 Å². The van der Waals surface area contributed by atoms with Crippen molar-refractivity contribution in [1.82, 2.24) is 5.32 Å². The van der Waals surface area contributed by atoms with Gasteiger partial charge >= 0.3 is 6.18 Å². The van der Waals surface area contributed by atoms with Crippen molar-refractivity contribution < 1.29 is 22.3 Å². The molecule has 0 amide bonds. The van der Waals surface area contributed by atoms with Gasteiger partial charge in [0.2, 0.25) is 0 Å². The molecule has 1 aromatic carbocycles. The molecule has 1 saturated heterocycles. The molecule has 1 aliphatic heterocycles. The fourth-order valence-electron chi connectivity index (χ4n) is 4.66. The van der Waals surface area contributed by atoms with Crippen LogP contribution in [0.1, 0.15) is 70.9 Å². The number of benzene rings is 1. The molecule has 0 radical (unpaired) electrons. The molecule has 0 aliphatic carbocycles. The fraction of sp³-hybridized carbons (Fsp3) is 0.571. The summed E-state index contributed by atoms with van der Waals surface area (Å²) in [7, 11) is 0. The Kier molecular flexibility index (Phi) is 10.1. The zero-order valence-electron chi connectivity index (χ0n) is 21.1. The van der Waals surface area contributed by atoms with Crippen molar-refractivity contribution in [3.8, 4) is 0 Å². The van der Waals surface area contributed by atoms with Gasteiger partial charge in [0.15, 0.2) is 5.60 Å². The minimum Gasteiger partial charge on any atom is -0.357 e. The Bertz CT molecular complexity index is 874. The van der Waals surface area contributed by atoms with Crippen LogP contribution >= 0.6 is 0 Å². The molecule has 6 heteroatoms. The summed E-state index contributed by atoms with van der Waals surface area (Å²) >= 11 is 0. The van der Waals surface area contributed by atoms with E-state index in [9.17, 15) is 17.6 Å². The van der Waals surface area contributed by atoms with Gasteiger partial charge in [0.1, 0.15) is 5.82 Å². The molecule has 0 aromatic heterocycles. The summed E-state index contributed by atoms with van der Waals surface area (Å²) in [5, 5.41) is 3.44. The highest BCUT2D eigenvalue weighted by atomic mass is 19.4. The molecular formula is C28H39F4NO. The van der Waals surface area contributed by atoms with Crippen LogP contribution in [-0.4, -0.2) is 24.9 Å². The van der Waals surface area contributed by atoms with E-state index in [0.717, 1.165) is 57.7 Å². The average Bonchev–Trinajstić information content (AvgIpc) is 3.25. The molecule has 2 atom stereocenters. The highest BCUT2D eigenvalue weighted by Gasteiger charge is 2.53. The number of nitrogens with one attached hydrogen (secondary N) is 1. The van der Waals surface area contributed by atoms with Gasteiger partial charge in [-0.1, -0.05) is 48.9 Å². The number of alkyl halides is 3. The Hall–Kier alpha value is -1.92. The van der Waals surface area contributed by atoms with Crippen molar-refractivity contribution in [2.75, 3.05) is 13.1 Å². The molecule has 1 N–H and O–H groups in total. The zero-order valence-corrected chi connectivity index (χ0v) is 21.1. The van der Waals surface area contributed by atoms with Crippen LogP contribution in [0.5, 0.6) is 0 Å². The third kappa shape index (κ3) is 6.60. The smallest absolute Gasteiger partial charge is 0.357 e. The van der Waals surface area contributed by atoms with Gasteiger partial charge in [-0.2, -0.15) is 13.2 Å². The van der Waals surface area contributed by atoms with E-state index < -0.39 is 24.2 Å². The molecule has 0 bridgehead atoms. The number of hydrogen-bond donors (Lipinski definition) is 1. The Balaban J connectivity index is 2.32. The summed E-state index contributed by atoms with van der Waals surface area (Å²) < 4.78 is 62.2. The number of ether oxygens (including phenoxy) is 1. The van der Waals surface area contributed by atoms with Crippen LogP contribution in [0.15, 0.2) is 53.6 Å². The third-order valence-corrected chi connectivity index (χ3v) is 7.25. The Morgan fingerprint density at radius 2 is 1.97 bits per heavy atom. The van der Waals surface area contributed by atoms with Crippen molar-refractivity contribution in [1.29, 1.82) is 0 Å². The maximum absolute atomic E-state index is 14.2. The summed E-state index contributed by atoms with van der Waals surface area (Å²) in [5.74, 6) is -0.562. The van der Waals surface area contributed by atoms with Gasteiger partial charge < -0.3 is 10.1 Å². The molecule has 1 aromatic rings. The van der Waals surface area contributed by atoms with E-state index in [4.69, 9.17) is 4.74 Å². The van der Waals surface area contributed by atoms with Gasteiger partial charge in [-0.15, -0.1) is 0 Å². The maximum Gasteiger partial charge on any atom is 0.421 e. The topological polar surface area (TPSA) is 21.3 Å². The molecule has 2 nitrogen and oxygen atoms in total. The quantitative estimate of drug-likeness (QED) is 0.150. The lowest BCUT2D eigenvalue weighted by molar-refractivity contribution is -0.258. The number of unbranched alkanes of at least 4 members (excludes halogenated alkanes) is 1. The van der Waals surface area contributed by atoms with Crippen LogP contribution in [-0.2, 0) is 11.3 Å². The Morgan fingerprint density at radius 1 is 1.24 bits per heavy atom. The molecule has 0 saturated carbocycles. The molecule has 0 spiro atoms. The molecule has 34 heavy (non-hydrogen) atoms. The zero-order chi connectivity index (χ0) is 25.4. The van der Waals surface area contributed by atoms with Crippen molar-refractivity contribution in [2.45, 2.75) is 85.1 Å². The van der Waals surface area contributed by atoms with Crippen molar-refractivity contribution in [2.24, 2.45) is 5.41 Å². The summed E-state index contributed by atoms with van der Waals surface area (Å²) in [4.78, 5) is 0. The highest BCUT2D eigenvalue weighted by Crippen LogP contribution is 2.43.